The molecule has 0 aliphatic heterocycles. The van der Waals surface area contributed by atoms with Gasteiger partial charge in [0.15, 0.2) is 5.82 Å². The van der Waals surface area contributed by atoms with Crippen LogP contribution in [0.3, 0.4) is 0 Å². The van der Waals surface area contributed by atoms with E-state index in [1.807, 2.05) is 13.8 Å². The third-order valence-electron chi connectivity index (χ3n) is 2.59. The SMILES string of the molecule is CCc1cc(N)nc(-c2ccc(F)cc2C)n1. The van der Waals surface area contributed by atoms with Crippen LogP contribution in [0, 0.1) is 12.7 Å². The zero-order chi connectivity index (χ0) is 12.4. The molecule has 3 nitrogen and oxygen atoms in total. The largest absolute Gasteiger partial charge is 0.384 e. The van der Waals surface area contributed by atoms with Crippen molar-refractivity contribution in [3.05, 3.63) is 41.3 Å². The van der Waals surface area contributed by atoms with E-state index in [1.54, 1.807) is 12.1 Å². The highest BCUT2D eigenvalue weighted by Crippen LogP contribution is 2.21. The lowest BCUT2D eigenvalue weighted by Crippen LogP contribution is -2.00. The summed E-state index contributed by atoms with van der Waals surface area (Å²) in [5.41, 5.74) is 8.23. The van der Waals surface area contributed by atoms with E-state index in [2.05, 4.69) is 9.97 Å². The van der Waals surface area contributed by atoms with E-state index in [1.165, 1.54) is 12.1 Å². The molecule has 0 saturated heterocycles. The summed E-state index contributed by atoms with van der Waals surface area (Å²) in [6, 6.07) is 6.30. The van der Waals surface area contributed by atoms with Crippen LogP contribution in [0.15, 0.2) is 24.3 Å². The van der Waals surface area contributed by atoms with Crippen molar-refractivity contribution in [3.63, 3.8) is 0 Å². The fourth-order valence-corrected chi connectivity index (χ4v) is 1.70. The molecule has 4 heteroatoms. The van der Waals surface area contributed by atoms with Gasteiger partial charge in [0.1, 0.15) is 11.6 Å². The molecule has 0 aliphatic carbocycles. The molecule has 88 valence electrons. The number of hydrogen-bond acceptors (Lipinski definition) is 3. The quantitative estimate of drug-likeness (QED) is 0.864. The summed E-state index contributed by atoms with van der Waals surface area (Å²) in [5, 5.41) is 0. The standard InChI is InChI=1S/C13H14FN3/c1-3-10-7-12(15)17-13(16-10)11-5-4-9(14)6-8(11)2/h4-7H,3H2,1-2H3,(H2,15,16,17). The average Bonchev–Trinajstić information content (AvgIpc) is 2.28. The van der Waals surface area contributed by atoms with Crippen LogP contribution in [0.1, 0.15) is 18.2 Å². The van der Waals surface area contributed by atoms with Crippen LogP contribution < -0.4 is 5.73 Å². The summed E-state index contributed by atoms with van der Waals surface area (Å²) in [5.74, 6) is 0.737. The van der Waals surface area contributed by atoms with E-state index in [0.29, 0.717) is 11.6 Å². The first-order valence-electron chi connectivity index (χ1n) is 5.50. The summed E-state index contributed by atoms with van der Waals surface area (Å²) in [6.07, 6.45) is 0.792. The Bertz CT molecular complexity index is 552. The predicted octanol–water partition coefficient (Wildman–Crippen LogP) is 2.74. The number of nitrogen functional groups attached to an aromatic ring is 1. The highest BCUT2D eigenvalue weighted by Gasteiger charge is 2.08. The maximum atomic E-state index is 13.0. The lowest BCUT2D eigenvalue weighted by molar-refractivity contribution is 0.627. The third kappa shape index (κ3) is 2.41. The van der Waals surface area contributed by atoms with Gasteiger partial charge in [0.2, 0.25) is 0 Å². The smallest absolute Gasteiger partial charge is 0.162 e. The van der Waals surface area contributed by atoms with Crippen molar-refractivity contribution < 1.29 is 4.39 Å². The van der Waals surface area contributed by atoms with Crippen LogP contribution in [-0.2, 0) is 6.42 Å². The van der Waals surface area contributed by atoms with Crippen molar-refractivity contribution in [1.82, 2.24) is 9.97 Å². The number of nitrogens with zero attached hydrogens (tertiary/aromatic N) is 2. The molecule has 0 unspecified atom stereocenters. The molecular formula is C13H14FN3. The molecule has 1 aromatic carbocycles. The number of hydrogen-bond donors (Lipinski definition) is 1. The molecular weight excluding hydrogens is 217 g/mol. The second-order valence-electron chi connectivity index (χ2n) is 3.92. The fourth-order valence-electron chi connectivity index (χ4n) is 1.70. The number of halogens is 1. The van der Waals surface area contributed by atoms with Crippen molar-refractivity contribution in [1.29, 1.82) is 0 Å². The topological polar surface area (TPSA) is 51.8 Å². The Morgan fingerprint density at radius 3 is 2.65 bits per heavy atom. The Morgan fingerprint density at radius 2 is 2.00 bits per heavy atom. The van der Waals surface area contributed by atoms with Crippen molar-refractivity contribution in [2.45, 2.75) is 20.3 Å². The molecule has 17 heavy (non-hydrogen) atoms. The van der Waals surface area contributed by atoms with Gasteiger partial charge in [-0.1, -0.05) is 6.92 Å². The summed E-state index contributed by atoms with van der Waals surface area (Å²) in [6.45, 7) is 3.83. The number of benzene rings is 1. The minimum absolute atomic E-state index is 0.258. The maximum Gasteiger partial charge on any atom is 0.162 e. The van der Waals surface area contributed by atoms with Crippen LogP contribution in [0.5, 0.6) is 0 Å². The molecule has 0 bridgehead atoms. The predicted molar refractivity (Wildman–Crippen MR) is 66.0 cm³/mol. The maximum absolute atomic E-state index is 13.0. The molecule has 2 aromatic rings. The average molecular weight is 231 g/mol. The number of rotatable bonds is 2. The van der Waals surface area contributed by atoms with Crippen molar-refractivity contribution in [3.8, 4) is 11.4 Å². The van der Waals surface area contributed by atoms with Gasteiger partial charge in [0.25, 0.3) is 0 Å². The Hall–Kier alpha value is -1.97. The molecule has 0 saturated carbocycles. The number of nitrogens with two attached hydrogens (primary N) is 1. The lowest BCUT2D eigenvalue weighted by atomic mass is 10.1. The fraction of sp³-hybridized carbons (Fsp3) is 0.231. The molecule has 1 heterocycles. The van der Waals surface area contributed by atoms with Gasteiger partial charge in [-0.05, 0) is 37.1 Å². The molecule has 0 atom stereocenters. The summed E-state index contributed by atoms with van der Waals surface area (Å²) < 4.78 is 13.0. The lowest BCUT2D eigenvalue weighted by Gasteiger charge is -2.07. The van der Waals surface area contributed by atoms with Gasteiger partial charge in [0, 0.05) is 17.3 Å². The van der Waals surface area contributed by atoms with E-state index >= 15 is 0 Å². The second kappa shape index (κ2) is 4.49. The Kier molecular flexibility index (Phi) is 3.04. The van der Waals surface area contributed by atoms with E-state index < -0.39 is 0 Å². The first kappa shape index (κ1) is 11.5. The molecule has 0 radical (unpaired) electrons. The minimum atomic E-state index is -0.258. The van der Waals surface area contributed by atoms with Gasteiger partial charge in [-0.2, -0.15) is 0 Å². The molecule has 0 amide bonds. The normalized spacial score (nSPS) is 10.5. The van der Waals surface area contributed by atoms with E-state index in [0.717, 1.165) is 23.2 Å². The molecule has 1 aromatic heterocycles. The molecule has 0 aliphatic rings. The van der Waals surface area contributed by atoms with Crippen molar-refractivity contribution >= 4 is 5.82 Å². The minimum Gasteiger partial charge on any atom is -0.384 e. The first-order chi connectivity index (χ1) is 8.10. The Balaban J connectivity index is 2.55. The van der Waals surface area contributed by atoms with Crippen LogP contribution in [0.4, 0.5) is 10.2 Å². The Labute approximate surface area is 99.5 Å². The summed E-state index contributed by atoms with van der Waals surface area (Å²) >= 11 is 0. The van der Waals surface area contributed by atoms with E-state index in [-0.39, 0.29) is 5.82 Å². The number of aromatic nitrogens is 2. The highest BCUT2D eigenvalue weighted by atomic mass is 19.1. The molecule has 0 fully saturated rings. The first-order valence-corrected chi connectivity index (χ1v) is 5.50. The monoisotopic (exact) mass is 231 g/mol. The van der Waals surface area contributed by atoms with Gasteiger partial charge in [-0.25, -0.2) is 14.4 Å². The van der Waals surface area contributed by atoms with Crippen molar-refractivity contribution in [2.24, 2.45) is 0 Å². The zero-order valence-electron chi connectivity index (χ0n) is 9.87. The van der Waals surface area contributed by atoms with Gasteiger partial charge in [-0.3, -0.25) is 0 Å². The van der Waals surface area contributed by atoms with Gasteiger partial charge in [0.05, 0.1) is 0 Å². The van der Waals surface area contributed by atoms with Gasteiger partial charge in [-0.15, -0.1) is 0 Å². The van der Waals surface area contributed by atoms with Crippen LogP contribution in [0.2, 0.25) is 0 Å². The highest BCUT2D eigenvalue weighted by molar-refractivity contribution is 5.61. The van der Waals surface area contributed by atoms with Crippen LogP contribution in [0.25, 0.3) is 11.4 Å². The van der Waals surface area contributed by atoms with Gasteiger partial charge < -0.3 is 5.73 Å². The van der Waals surface area contributed by atoms with Gasteiger partial charge >= 0.3 is 0 Å². The van der Waals surface area contributed by atoms with Crippen molar-refractivity contribution in [2.75, 3.05) is 5.73 Å². The number of anilines is 1. The summed E-state index contributed by atoms with van der Waals surface area (Å²) in [7, 11) is 0. The Morgan fingerprint density at radius 1 is 1.24 bits per heavy atom. The molecule has 2 N–H and O–H groups in total. The third-order valence-corrected chi connectivity index (χ3v) is 2.59. The van der Waals surface area contributed by atoms with E-state index in [4.69, 9.17) is 5.73 Å². The molecule has 2 rings (SSSR count). The number of aryl methyl sites for hydroxylation is 2. The second-order valence-corrected chi connectivity index (χ2v) is 3.92. The van der Waals surface area contributed by atoms with Crippen LogP contribution >= 0.6 is 0 Å². The molecule has 0 spiro atoms. The van der Waals surface area contributed by atoms with E-state index in [9.17, 15) is 4.39 Å². The van der Waals surface area contributed by atoms with Crippen LogP contribution in [-0.4, -0.2) is 9.97 Å². The summed E-state index contributed by atoms with van der Waals surface area (Å²) in [4.78, 5) is 8.59. The zero-order valence-corrected chi connectivity index (χ0v) is 9.87.